The Balaban J connectivity index is 1.48. The van der Waals surface area contributed by atoms with Crippen LogP contribution in [0.1, 0.15) is 48.4 Å². The average molecular weight is 493 g/mol. The first kappa shape index (κ1) is 24.8. The third-order valence-corrected chi connectivity index (χ3v) is 8.16. The monoisotopic (exact) mass is 492 g/mol. The minimum absolute atomic E-state index is 0.168. The number of carbonyl (C=O) groups excluding carboxylic acids is 1. The number of sulfonamides is 1. The van der Waals surface area contributed by atoms with Crippen molar-refractivity contribution in [3.63, 3.8) is 0 Å². The summed E-state index contributed by atoms with van der Waals surface area (Å²) in [6, 6.07) is 18.4. The number of amides is 1. The molecule has 3 aromatic rings. The maximum Gasteiger partial charge on any atom is 0.264 e. The second-order valence-corrected chi connectivity index (χ2v) is 11.1. The summed E-state index contributed by atoms with van der Waals surface area (Å²) in [4.78, 5) is 12.8. The van der Waals surface area contributed by atoms with Crippen molar-refractivity contribution < 1.29 is 17.9 Å². The Hall–Kier alpha value is -3.32. The van der Waals surface area contributed by atoms with Gasteiger partial charge in [-0.1, -0.05) is 50.2 Å². The summed E-state index contributed by atoms with van der Waals surface area (Å²) in [5.41, 5.74) is 5.32. The minimum atomic E-state index is -3.71. The Labute approximate surface area is 208 Å². The zero-order chi connectivity index (χ0) is 25.2. The highest BCUT2D eigenvalue weighted by molar-refractivity contribution is 7.92. The van der Waals surface area contributed by atoms with Crippen molar-refractivity contribution in [1.82, 2.24) is 0 Å². The average Bonchev–Trinajstić information content (AvgIpc) is 2.83. The van der Waals surface area contributed by atoms with E-state index in [1.807, 2.05) is 49.4 Å². The Morgan fingerprint density at radius 3 is 2.54 bits per heavy atom. The number of ether oxygens (including phenoxy) is 1. The summed E-state index contributed by atoms with van der Waals surface area (Å²) in [5, 5.41) is 2.97. The molecule has 0 saturated carbocycles. The van der Waals surface area contributed by atoms with Gasteiger partial charge in [-0.3, -0.25) is 9.10 Å². The molecule has 0 atom stereocenters. The summed E-state index contributed by atoms with van der Waals surface area (Å²) in [6.45, 7) is 8.21. The molecule has 184 valence electrons. The molecule has 0 aromatic heterocycles. The van der Waals surface area contributed by atoms with Crippen molar-refractivity contribution in [2.45, 2.75) is 51.3 Å². The molecule has 35 heavy (non-hydrogen) atoms. The van der Waals surface area contributed by atoms with Crippen molar-refractivity contribution in [2.24, 2.45) is 0 Å². The molecule has 0 radical (unpaired) electrons. The molecule has 1 aliphatic rings. The number of hydrogen-bond acceptors (Lipinski definition) is 4. The van der Waals surface area contributed by atoms with Crippen LogP contribution in [-0.2, 0) is 21.2 Å². The molecule has 4 rings (SSSR count). The Bertz CT molecular complexity index is 1350. The topological polar surface area (TPSA) is 75.7 Å². The smallest absolute Gasteiger partial charge is 0.264 e. The number of carbonyl (C=O) groups is 1. The second-order valence-electron chi connectivity index (χ2n) is 9.27. The van der Waals surface area contributed by atoms with E-state index in [-0.39, 0.29) is 23.3 Å². The molecule has 7 heteroatoms. The first-order valence-corrected chi connectivity index (χ1v) is 13.4. The lowest BCUT2D eigenvalue weighted by molar-refractivity contribution is -0.118. The van der Waals surface area contributed by atoms with Crippen LogP contribution in [0, 0.1) is 13.8 Å². The summed E-state index contributed by atoms with van der Waals surface area (Å²) in [7, 11) is -3.71. The van der Waals surface area contributed by atoms with Gasteiger partial charge in [0, 0.05) is 12.2 Å². The summed E-state index contributed by atoms with van der Waals surface area (Å²) in [5.74, 6) is 0.490. The normalized spacial score (nSPS) is 13.5. The molecule has 0 unspecified atom stereocenters. The lowest BCUT2D eigenvalue weighted by Gasteiger charge is -2.30. The molecule has 0 bridgehead atoms. The minimum Gasteiger partial charge on any atom is -0.483 e. The standard InChI is InChI=1S/C28H32N2O4S/c1-19(2)24-12-7-9-20(3)28(24)29-27(31)18-34-26-15-14-23(17-21(26)4)35(32,33)30-16-8-11-22-10-5-6-13-25(22)30/h5-7,9-10,12-15,17,19H,8,11,16,18H2,1-4H3,(H,29,31). The van der Waals surface area contributed by atoms with Gasteiger partial charge < -0.3 is 10.1 Å². The van der Waals surface area contributed by atoms with E-state index >= 15 is 0 Å². The molecule has 0 fully saturated rings. The molecule has 0 saturated heterocycles. The molecule has 1 aliphatic heterocycles. The van der Waals surface area contributed by atoms with E-state index in [2.05, 4.69) is 19.2 Å². The molecule has 1 heterocycles. The summed E-state index contributed by atoms with van der Waals surface area (Å²) in [6.07, 6.45) is 1.65. The second kappa shape index (κ2) is 10.1. The highest BCUT2D eigenvalue weighted by atomic mass is 32.2. The molecule has 0 aliphatic carbocycles. The quantitative estimate of drug-likeness (QED) is 0.467. The van der Waals surface area contributed by atoms with Crippen LogP contribution in [-0.4, -0.2) is 27.5 Å². The van der Waals surface area contributed by atoms with Crippen LogP contribution in [0.25, 0.3) is 0 Å². The van der Waals surface area contributed by atoms with Gasteiger partial charge in [0.1, 0.15) is 5.75 Å². The van der Waals surface area contributed by atoms with Crippen molar-refractivity contribution in [1.29, 1.82) is 0 Å². The third kappa shape index (κ3) is 5.20. The van der Waals surface area contributed by atoms with Gasteiger partial charge in [0.2, 0.25) is 0 Å². The van der Waals surface area contributed by atoms with E-state index in [0.29, 0.717) is 17.9 Å². The largest absolute Gasteiger partial charge is 0.483 e. The number of benzene rings is 3. The fourth-order valence-corrected chi connectivity index (χ4v) is 6.11. The fraction of sp³-hybridized carbons (Fsp3) is 0.321. The number of anilines is 2. The third-order valence-electron chi connectivity index (χ3n) is 6.35. The van der Waals surface area contributed by atoms with E-state index in [1.165, 1.54) is 4.31 Å². The van der Waals surface area contributed by atoms with E-state index in [9.17, 15) is 13.2 Å². The van der Waals surface area contributed by atoms with Crippen LogP contribution in [0.5, 0.6) is 5.75 Å². The first-order chi connectivity index (χ1) is 16.7. The van der Waals surface area contributed by atoms with E-state index in [0.717, 1.165) is 40.9 Å². The van der Waals surface area contributed by atoms with Crippen LogP contribution in [0.15, 0.2) is 65.6 Å². The SMILES string of the molecule is Cc1cc(S(=O)(=O)N2CCCc3ccccc32)ccc1OCC(=O)Nc1c(C)cccc1C(C)C. The molecular weight excluding hydrogens is 460 g/mol. The Kier molecular flexibility index (Phi) is 7.17. The van der Waals surface area contributed by atoms with Crippen LogP contribution in [0.2, 0.25) is 0 Å². The van der Waals surface area contributed by atoms with Gasteiger partial charge in [-0.15, -0.1) is 0 Å². The van der Waals surface area contributed by atoms with E-state index in [1.54, 1.807) is 25.1 Å². The summed E-state index contributed by atoms with van der Waals surface area (Å²) >= 11 is 0. The maximum absolute atomic E-state index is 13.4. The van der Waals surface area contributed by atoms with Gasteiger partial charge in [-0.05, 0) is 79.1 Å². The molecule has 1 N–H and O–H groups in total. The number of nitrogens with one attached hydrogen (secondary N) is 1. The molecule has 6 nitrogen and oxygen atoms in total. The van der Waals surface area contributed by atoms with Crippen molar-refractivity contribution in [2.75, 3.05) is 22.8 Å². The van der Waals surface area contributed by atoms with Crippen LogP contribution in [0.3, 0.4) is 0 Å². The zero-order valence-corrected chi connectivity index (χ0v) is 21.5. The van der Waals surface area contributed by atoms with Crippen molar-refractivity contribution >= 4 is 27.3 Å². The first-order valence-electron chi connectivity index (χ1n) is 11.9. The van der Waals surface area contributed by atoms with Gasteiger partial charge in [0.25, 0.3) is 15.9 Å². The van der Waals surface area contributed by atoms with Crippen molar-refractivity contribution in [3.8, 4) is 5.75 Å². The van der Waals surface area contributed by atoms with Gasteiger partial charge in [0.15, 0.2) is 6.61 Å². The van der Waals surface area contributed by atoms with Gasteiger partial charge in [-0.25, -0.2) is 8.42 Å². The van der Waals surface area contributed by atoms with Crippen LogP contribution < -0.4 is 14.4 Å². The Morgan fingerprint density at radius 1 is 1.03 bits per heavy atom. The number of para-hydroxylation sites is 2. The van der Waals surface area contributed by atoms with Crippen LogP contribution in [0.4, 0.5) is 11.4 Å². The van der Waals surface area contributed by atoms with E-state index in [4.69, 9.17) is 4.74 Å². The number of aryl methyl sites for hydroxylation is 3. The number of rotatable bonds is 7. The van der Waals surface area contributed by atoms with Crippen LogP contribution >= 0.6 is 0 Å². The molecular formula is C28H32N2O4S. The van der Waals surface area contributed by atoms with Gasteiger partial charge >= 0.3 is 0 Å². The number of hydrogen-bond donors (Lipinski definition) is 1. The zero-order valence-electron chi connectivity index (χ0n) is 20.7. The number of fused-ring (bicyclic) bond motifs is 1. The lowest BCUT2D eigenvalue weighted by Crippen LogP contribution is -2.35. The van der Waals surface area contributed by atoms with Gasteiger partial charge in [0.05, 0.1) is 10.6 Å². The Morgan fingerprint density at radius 2 is 1.80 bits per heavy atom. The predicted octanol–water partition coefficient (Wildman–Crippen LogP) is 5.59. The molecule has 1 amide bonds. The van der Waals surface area contributed by atoms with E-state index < -0.39 is 10.0 Å². The fourth-order valence-electron chi connectivity index (χ4n) is 4.48. The lowest BCUT2D eigenvalue weighted by atomic mass is 9.98. The highest BCUT2D eigenvalue weighted by Crippen LogP contribution is 2.33. The predicted molar refractivity (Wildman–Crippen MR) is 140 cm³/mol. The van der Waals surface area contributed by atoms with Crippen molar-refractivity contribution in [3.05, 3.63) is 82.9 Å². The number of nitrogens with zero attached hydrogens (tertiary/aromatic N) is 1. The molecule has 0 spiro atoms. The highest BCUT2D eigenvalue weighted by Gasteiger charge is 2.29. The maximum atomic E-state index is 13.4. The molecule has 3 aromatic carbocycles. The van der Waals surface area contributed by atoms with Gasteiger partial charge in [-0.2, -0.15) is 0 Å². The summed E-state index contributed by atoms with van der Waals surface area (Å²) < 4.78 is 34.1.